The van der Waals surface area contributed by atoms with Crippen LogP contribution in [0, 0.1) is 17.2 Å². The molecule has 2 nitrogen and oxygen atoms in total. The van der Waals surface area contributed by atoms with E-state index in [-0.39, 0.29) is 11.7 Å². The number of rotatable bonds is 3. The van der Waals surface area contributed by atoms with Gasteiger partial charge in [0.25, 0.3) is 0 Å². The highest BCUT2D eigenvalue weighted by molar-refractivity contribution is 6.30. The minimum atomic E-state index is -0.623. The Morgan fingerprint density at radius 3 is 2.44 bits per heavy atom. The normalized spacial score (nSPS) is 17.2. The van der Waals surface area contributed by atoms with Crippen LogP contribution in [0.25, 0.3) is 0 Å². The third kappa shape index (κ3) is 2.10. The second kappa shape index (κ2) is 4.67. The molecule has 0 radical (unpaired) electrons. The topological polar surface area (TPSA) is 40.9 Å². The molecule has 0 N–H and O–H groups in total. The molecule has 1 aliphatic rings. The van der Waals surface area contributed by atoms with E-state index >= 15 is 0 Å². The van der Waals surface area contributed by atoms with Gasteiger partial charge in [0.05, 0.1) is 6.07 Å². The zero-order valence-corrected chi connectivity index (χ0v) is 9.57. The van der Waals surface area contributed by atoms with Gasteiger partial charge in [-0.25, -0.2) is 0 Å². The summed E-state index contributed by atoms with van der Waals surface area (Å²) in [5.41, 5.74) is 0.754. The molecule has 1 saturated carbocycles. The van der Waals surface area contributed by atoms with Gasteiger partial charge in [-0.15, -0.1) is 0 Å². The van der Waals surface area contributed by atoms with Crippen molar-refractivity contribution < 1.29 is 4.79 Å². The second-order valence-corrected chi connectivity index (χ2v) is 4.58. The molecule has 0 amide bonds. The highest BCUT2D eigenvalue weighted by atomic mass is 35.5. The third-order valence-corrected chi connectivity index (χ3v) is 3.38. The minimum absolute atomic E-state index is 0.0658. The largest absolute Gasteiger partial charge is 0.298 e. The third-order valence-electron chi connectivity index (χ3n) is 3.12. The van der Waals surface area contributed by atoms with Crippen LogP contribution in [0.4, 0.5) is 0 Å². The van der Waals surface area contributed by atoms with Gasteiger partial charge in [-0.3, -0.25) is 4.79 Å². The molecule has 0 bridgehead atoms. The Labute approximate surface area is 99.8 Å². The minimum Gasteiger partial charge on any atom is -0.298 e. The molecule has 1 atom stereocenters. The molecule has 0 aliphatic heterocycles. The number of halogens is 1. The highest BCUT2D eigenvalue weighted by Gasteiger charge is 2.31. The van der Waals surface area contributed by atoms with E-state index in [9.17, 15) is 4.79 Å². The van der Waals surface area contributed by atoms with Gasteiger partial charge in [-0.1, -0.05) is 30.2 Å². The number of nitriles is 1. The Morgan fingerprint density at radius 2 is 2.00 bits per heavy atom. The van der Waals surface area contributed by atoms with Gasteiger partial charge in [-0.05, 0) is 30.5 Å². The second-order valence-electron chi connectivity index (χ2n) is 4.14. The zero-order valence-electron chi connectivity index (χ0n) is 8.82. The highest BCUT2D eigenvalue weighted by Crippen LogP contribution is 2.32. The van der Waals surface area contributed by atoms with Crippen LogP contribution in [-0.2, 0) is 4.79 Å². The van der Waals surface area contributed by atoms with Gasteiger partial charge in [0, 0.05) is 10.9 Å². The summed E-state index contributed by atoms with van der Waals surface area (Å²) in [5.74, 6) is -0.459. The fourth-order valence-electron chi connectivity index (χ4n) is 1.89. The smallest absolute Gasteiger partial charge is 0.157 e. The lowest BCUT2D eigenvalue weighted by Crippen LogP contribution is -2.26. The molecule has 82 valence electrons. The van der Waals surface area contributed by atoms with Gasteiger partial charge in [0.1, 0.15) is 5.92 Å². The van der Waals surface area contributed by atoms with E-state index in [4.69, 9.17) is 16.9 Å². The van der Waals surface area contributed by atoms with E-state index in [0.717, 1.165) is 24.8 Å². The van der Waals surface area contributed by atoms with Crippen molar-refractivity contribution in [3.8, 4) is 6.07 Å². The van der Waals surface area contributed by atoms with E-state index < -0.39 is 5.92 Å². The van der Waals surface area contributed by atoms with Crippen molar-refractivity contribution >= 4 is 17.4 Å². The summed E-state index contributed by atoms with van der Waals surface area (Å²) in [4.78, 5) is 12.0. The molecule has 3 heteroatoms. The number of hydrogen-bond donors (Lipinski definition) is 0. The monoisotopic (exact) mass is 233 g/mol. The summed E-state index contributed by atoms with van der Waals surface area (Å²) >= 11 is 5.77. The number of nitrogens with zero attached hydrogens (tertiary/aromatic N) is 1. The Bertz CT molecular complexity index is 428. The summed E-state index contributed by atoms with van der Waals surface area (Å²) in [5, 5.41) is 9.71. The molecule has 2 rings (SSSR count). The molecule has 1 aromatic carbocycles. The Kier molecular flexibility index (Phi) is 3.26. The molecule has 1 aromatic rings. The van der Waals surface area contributed by atoms with Crippen LogP contribution < -0.4 is 0 Å². The molecule has 0 spiro atoms. The first-order valence-electron chi connectivity index (χ1n) is 5.41. The first-order chi connectivity index (χ1) is 7.72. The van der Waals surface area contributed by atoms with Crippen molar-refractivity contribution in [3.05, 3.63) is 34.9 Å². The van der Waals surface area contributed by atoms with Gasteiger partial charge in [0.2, 0.25) is 0 Å². The maximum atomic E-state index is 12.0. The van der Waals surface area contributed by atoms with Crippen molar-refractivity contribution in [3.63, 3.8) is 0 Å². The summed E-state index contributed by atoms with van der Waals surface area (Å²) < 4.78 is 0. The summed E-state index contributed by atoms with van der Waals surface area (Å²) in [6.45, 7) is 0. The van der Waals surface area contributed by atoms with Gasteiger partial charge in [-0.2, -0.15) is 5.26 Å². The van der Waals surface area contributed by atoms with E-state index in [0.29, 0.717) is 5.02 Å². The predicted octanol–water partition coefficient (Wildman–Crippen LogP) is 3.32. The quantitative estimate of drug-likeness (QED) is 0.804. The Balaban J connectivity index is 2.19. The first-order valence-corrected chi connectivity index (χ1v) is 5.79. The van der Waals surface area contributed by atoms with E-state index in [1.807, 2.05) is 0 Å². The fourth-order valence-corrected chi connectivity index (χ4v) is 2.01. The number of ketones is 1. The Hall–Kier alpha value is -1.33. The molecule has 0 heterocycles. The number of carbonyl (C=O) groups is 1. The molecule has 16 heavy (non-hydrogen) atoms. The van der Waals surface area contributed by atoms with Crippen LogP contribution in [0.3, 0.4) is 0 Å². The average Bonchev–Trinajstić information content (AvgIpc) is 2.19. The molecular formula is C13H12ClNO. The van der Waals surface area contributed by atoms with E-state index in [1.165, 1.54) is 0 Å². The summed E-state index contributed by atoms with van der Waals surface area (Å²) in [6.07, 6.45) is 2.98. The van der Waals surface area contributed by atoms with Crippen molar-refractivity contribution in [2.24, 2.45) is 5.92 Å². The zero-order chi connectivity index (χ0) is 11.5. The molecule has 0 saturated heterocycles. The SMILES string of the molecule is N#CC(C(=O)C1CCC1)c1ccc(Cl)cc1. The van der Waals surface area contributed by atoms with Crippen molar-refractivity contribution in [1.29, 1.82) is 5.26 Å². The fraction of sp³-hybridized carbons (Fsp3) is 0.385. The standard InChI is InChI=1S/C13H12ClNO/c14-11-6-4-9(5-7-11)12(8-15)13(16)10-2-1-3-10/h4-7,10,12H,1-3H2. The van der Waals surface area contributed by atoms with Gasteiger partial charge < -0.3 is 0 Å². The molecule has 1 fully saturated rings. The van der Waals surface area contributed by atoms with Crippen molar-refractivity contribution in [2.45, 2.75) is 25.2 Å². The molecule has 1 aliphatic carbocycles. The maximum absolute atomic E-state index is 12.0. The number of carbonyl (C=O) groups excluding carboxylic acids is 1. The lowest BCUT2D eigenvalue weighted by atomic mass is 9.76. The first kappa shape index (κ1) is 11.2. The van der Waals surface area contributed by atoms with Crippen LogP contribution in [0.2, 0.25) is 5.02 Å². The lowest BCUT2D eigenvalue weighted by Gasteiger charge is -2.25. The van der Waals surface area contributed by atoms with Crippen molar-refractivity contribution in [1.82, 2.24) is 0 Å². The van der Waals surface area contributed by atoms with Crippen molar-refractivity contribution in [2.75, 3.05) is 0 Å². The Morgan fingerprint density at radius 1 is 1.38 bits per heavy atom. The van der Waals surface area contributed by atoms with Crippen LogP contribution in [0.15, 0.2) is 24.3 Å². The van der Waals surface area contributed by atoms with Crippen LogP contribution in [0.1, 0.15) is 30.7 Å². The average molecular weight is 234 g/mol. The van der Waals surface area contributed by atoms with E-state index in [2.05, 4.69) is 6.07 Å². The summed E-state index contributed by atoms with van der Waals surface area (Å²) in [6, 6.07) is 9.04. The lowest BCUT2D eigenvalue weighted by molar-refractivity contribution is -0.125. The summed E-state index contributed by atoms with van der Waals surface area (Å²) in [7, 11) is 0. The molecular weight excluding hydrogens is 222 g/mol. The van der Waals surface area contributed by atoms with Crippen LogP contribution >= 0.6 is 11.6 Å². The van der Waals surface area contributed by atoms with Crippen LogP contribution in [0.5, 0.6) is 0 Å². The van der Waals surface area contributed by atoms with Gasteiger partial charge in [0.15, 0.2) is 5.78 Å². The van der Waals surface area contributed by atoms with Crippen LogP contribution in [-0.4, -0.2) is 5.78 Å². The maximum Gasteiger partial charge on any atom is 0.157 e. The molecule has 0 aromatic heterocycles. The van der Waals surface area contributed by atoms with E-state index in [1.54, 1.807) is 24.3 Å². The molecule has 1 unspecified atom stereocenters. The number of Topliss-reactive ketones (excluding diaryl/α,β-unsaturated/α-hetero) is 1. The number of benzene rings is 1. The number of hydrogen-bond acceptors (Lipinski definition) is 2. The predicted molar refractivity (Wildman–Crippen MR) is 62.2 cm³/mol. The van der Waals surface area contributed by atoms with Gasteiger partial charge >= 0.3 is 0 Å².